The Hall–Kier alpha value is -4.17. The summed E-state index contributed by atoms with van der Waals surface area (Å²) in [6.45, 7) is -0.614. The van der Waals surface area contributed by atoms with Crippen LogP contribution in [0.25, 0.3) is 0 Å². The van der Waals surface area contributed by atoms with E-state index < -0.39 is 18.5 Å². The van der Waals surface area contributed by atoms with Crippen molar-refractivity contribution >= 4 is 52.1 Å². The Bertz CT molecular complexity index is 1300. The molecule has 1 amide bonds. The highest BCUT2D eigenvalue weighted by atomic mass is 35.5. The summed E-state index contributed by atoms with van der Waals surface area (Å²) in [5.74, 6) is -2.15. The van der Waals surface area contributed by atoms with Gasteiger partial charge in [-0.25, -0.2) is 4.79 Å². The topological polar surface area (TPSA) is 142 Å². The number of esters is 1. The number of rotatable bonds is 4. The molecule has 0 saturated heterocycles. The van der Waals surface area contributed by atoms with Gasteiger partial charge in [0.1, 0.15) is 0 Å². The maximum Gasteiger partial charge on any atom is 0.338 e. The number of hydrogen-bond donors (Lipinski definition) is 3. The molecule has 0 saturated carbocycles. The van der Waals surface area contributed by atoms with Crippen molar-refractivity contribution in [1.29, 1.82) is 0 Å². The molecule has 5 N–H and O–H groups in total. The number of amides is 1. The molecule has 160 valence electrons. The zero-order valence-corrected chi connectivity index (χ0v) is 17.2. The number of nitrogen functional groups attached to an aromatic ring is 2. The molecule has 3 aromatic carbocycles. The standard InChI is InChI=1S/C23H16ClN3O5/c24-18-8-16-17(22(30)15-4-2-1-3-14(15)21(16)29)9-19(18)27-20(28)10-32-23(31)11-5-12(25)7-13(26)6-11/h1-9H,10,25-26H2,(H,27,28). The predicted molar refractivity (Wildman–Crippen MR) is 119 cm³/mol. The Morgan fingerprint density at radius 2 is 1.41 bits per heavy atom. The average molecular weight is 450 g/mol. The minimum Gasteiger partial charge on any atom is -0.452 e. The Balaban J connectivity index is 1.50. The highest BCUT2D eigenvalue weighted by molar-refractivity contribution is 6.36. The monoisotopic (exact) mass is 449 g/mol. The Labute approximate surface area is 187 Å². The van der Waals surface area contributed by atoms with Gasteiger partial charge in [-0.05, 0) is 30.3 Å². The zero-order valence-electron chi connectivity index (χ0n) is 16.5. The summed E-state index contributed by atoms with van der Waals surface area (Å²) < 4.78 is 4.98. The van der Waals surface area contributed by atoms with Crippen LogP contribution in [0.5, 0.6) is 0 Å². The molecular formula is C23H16ClN3O5. The molecule has 1 aliphatic carbocycles. The van der Waals surface area contributed by atoms with Crippen LogP contribution in [0.15, 0.2) is 54.6 Å². The fourth-order valence-electron chi connectivity index (χ4n) is 3.41. The molecule has 0 unspecified atom stereocenters. The molecule has 0 aliphatic heterocycles. The van der Waals surface area contributed by atoms with E-state index in [2.05, 4.69) is 5.32 Å². The van der Waals surface area contributed by atoms with E-state index in [1.807, 2.05) is 0 Å². The molecular weight excluding hydrogens is 434 g/mol. The molecule has 0 atom stereocenters. The van der Waals surface area contributed by atoms with Crippen LogP contribution in [0, 0.1) is 0 Å². The van der Waals surface area contributed by atoms with E-state index in [0.29, 0.717) is 5.56 Å². The highest BCUT2D eigenvalue weighted by Gasteiger charge is 2.30. The van der Waals surface area contributed by atoms with Crippen molar-refractivity contribution < 1.29 is 23.9 Å². The van der Waals surface area contributed by atoms with E-state index >= 15 is 0 Å². The second-order valence-electron chi connectivity index (χ2n) is 7.09. The first-order valence-corrected chi connectivity index (χ1v) is 9.77. The van der Waals surface area contributed by atoms with Crippen LogP contribution in [0.1, 0.15) is 42.2 Å². The van der Waals surface area contributed by atoms with E-state index in [0.717, 1.165) is 0 Å². The second kappa shape index (κ2) is 8.16. The van der Waals surface area contributed by atoms with Crippen molar-refractivity contribution in [3.05, 3.63) is 87.4 Å². The number of carbonyl (C=O) groups is 4. The van der Waals surface area contributed by atoms with Gasteiger partial charge in [0, 0.05) is 33.6 Å². The first-order valence-electron chi connectivity index (χ1n) is 9.39. The third-order valence-electron chi connectivity index (χ3n) is 4.83. The minimum absolute atomic E-state index is 0.0626. The molecule has 9 heteroatoms. The fourth-order valence-corrected chi connectivity index (χ4v) is 3.62. The van der Waals surface area contributed by atoms with E-state index in [9.17, 15) is 19.2 Å². The summed E-state index contributed by atoms with van der Waals surface area (Å²) in [6.07, 6.45) is 0. The number of hydrogen-bond acceptors (Lipinski definition) is 7. The van der Waals surface area contributed by atoms with Crippen LogP contribution < -0.4 is 16.8 Å². The summed E-state index contributed by atoms with van der Waals surface area (Å²) in [4.78, 5) is 50.0. The molecule has 0 bridgehead atoms. The Morgan fingerprint density at radius 3 is 2.00 bits per heavy atom. The van der Waals surface area contributed by atoms with Gasteiger partial charge in [-0.15, -0.1) is 0 Å². The lowest BCUT2D eigenvalue weighted by Crippen LogP contribution is -2.23. The molecule has 3 aromatic rings. The fraction of sp³-hybridized carbons (Fsp3) is 0.0435. The molecule has 0 aromatic heterocycles. The lowest BCUT2D eigenvalue weighted by atomic mass is 9.84. The lowest BCUT2D eigenvalue weighted by molar-refractivity contribution is -0.119. The number of carbonyl (C=O) groups excluding carboxylic acids is 4. The lowest BCUT2D eigenvalue weighted by Gasteiger charge is -2.19. The number of nitrogens with one attached hydrogen (secondary N) is 1. The Morgan fingerprint density at radius 1 is 0.844 bits per heavy atom. The van der Waals surface area contributed by atoms with E-state index in [4.69, 9.17) is 27.8 Å². The van der Waals surface area contributed by atoms with Gasteiger partial charge in [0.25, 0.3) is 5.91 Å². The van der Waals surface area contributed by atoms with Crippen LogP contribution in [0.3, 0.4) is 0 Å². The van der Waals surface area contributed by atoms with E-state index in [1.54, 1.807) is 24.3 Å². The third kappa shape index (κ3) is 3.91. The molecule has 0 heterocycles. The number of ketones is 2. The van der Waals surface area contributed by atoms with Crippen molar-refractivity contribution in [2.75, 3.05) is 23.4 Å². The minimum atomic E-state index is -0.784. The number of nitrogens with two attached hydrogens (primary N) is 2. The summed E-state index contributed by atoms with van der Waals surface area (Å²) in [7, 11) is 0. The zero-order chi connectivity index (χ0) is 23.0. The van der Waals surface area contributed by atoms with Gasteiger partial charge >= 0.3 is 5.97 Å². The molecule has 8 nitrogen and oxygen atoms in total. The van der Waals surface area contributed by atoms with Crippen molar-refractivity contribution in [3.8, 4) is 0 Å². The van der Waals surface area contributed by atoms with Gasteiger partial charge in [-0.3, -0.25) is 14.4 Å². The van der Waals surface area contributed by atoms with Gasteiger partial charge in [0.2, 0.25) is 0 Å². The number of ether oxygens (including phenoxy) is 1. The van der Waals surface area contributed by atoms with E-state index in [1.165, 1.54) is 30.3 Å². The van der Waals surface area contributed by atoms with Crippen LogP contribution in [-0.4, -0.2) is 30.0 Å². The summed E-state index contributed by atoms with van der Waals surface area (Å²) in [5, 5.41) is 2.55. The van der Waals surface area contributed by atoms with Crippen molar-refractivity contribution in [1.82, 2.24) is 0 Å². The maximum absolute atomic E-state index is 12.8. The average Bonchev–Trinajstić information content (AvgIpc) is 2.76. The van der Waals surface area contributed by atoms with Crippen molar-refractivity contribution in [3.63, 3.8) is 0 Å². The maximum atomic E-state index is 12.8. The van der Waals surface area contributed by atoms with Gasteiger partial charge < -0.3 is 21.5 Å². The highest BCUT2D eigenvalue weighted by Crippen LogP contribution is 2.33. The Kier molecular flexibility index (Phi) is 5.38. The number of benzene rings is 3. The molecule has 4 rings (SSSR count). The van der Waals surface area contributed by atoms with Crippen LogP contribution in [0.4, 0.5) is 17.1 Å². The summed E-state index contributed by atoms with van der Waals surface area (Å²) >= 11 is 6.23. The van der Waals surface area contributed by atoms with Crippen molar-refractivity contribution in [2.24, 2.45) is 0 Å². The van der Waals surface area contributed by atoms with Gasteiger partial charge in [-0.2, -0.15) is 0 Å². The van der Waals surface area contributed by atoms with Gasteiger partial charge in [0.15, 0.2) is 18.2 Å². The molecule has 0 spiro atoms. The van der Waals surface area contributed by atoms with Gasteiger partial charge in [0.05, 0.1) is 16.3 Å². The normalized spacial score (nSPS) is 12.0. The number of halogens is 1. The van der Waals surface area contributed by atoms with Crippen LogP contribution in [0.2, 0.25) is 5.02 Å². The predicted octanol–water partition coefficient (Wildman–Crippen LogP) is 3.08. The quantitative estimate of drug-likeness (QED) is 0.321. The third-order valence-corrected chi connectivity index (χ3v) is 5.15. The molecule has 32 heavy (non-hydrogen) atoms. The van der Waals surface area contributed by atoms with Gasteiger partial charge in [-0.1, -0.05) is 35.9 Å². The van der Waals surface area contributed by atoms with E-state index in [-0.39, 0.29) is 55.9 Å². The molecule has 0 radical (unpaired) electrons. The summed E-state index contributed by atoms with van der Waals surface area (Å²) in [6, 6.07) is 13.4. The molecule has 0 fully saturated rings. The second-order valence-corrected chi connectivity index (χ2v) is 7.50. The molecule has 1 aliphatic rings. The smallest absolute Gasteiger partial charge is 0.338 e. The first-order chi connectivity index (χ1) is 15.2. The summed E-state index contributed by atoms with van der Waals surface area (Å²) in [5.41, 5.74) is 12.9. The number of anilines is 3. The largest absolute Gasteiger partial charge is 0.452 e. The SMILES string of the molecule is Nc1cc(N)cc(C(=O)OCC(=O)Nc2cc3c(cc2Cl)C(=O)c2ccccc2C3=O)c1. The van der Waals surface area contributed by atoms with Crippen LogP contribution in [-0.2, 0) is 9.53 Å². The van der Waals surface area contributed by atoms with Crippen LogP contribution >= 0.6 is 11.6 Å². The van der Waals surface area contributed by atoms with Crippen molar-refractivity contribution in [2.45, 2.75) is 0 Å². The number of fused-ring (bicyclic) bond motifs is 2. The first kappa shape index (κ1) is 21.1.